The van der Waals surface area contributed by atoms with Gasteiger partial charge >= 0.3 is 0 Å². The molecule has 6 rings (SSSR count). The van der Waals surface area contributed by atoms with Gasteiger partial charge in [0.25, 0.3) is 5.56 Å². The average molecular weight is 481 g/mol. The molecule has 4 aromatic rings. The van der Waals surface area contributed by atoms with Gasteiger partial charge in [0.1, 0.15) is 0 Å². The monoisotopic (exact) mass is 480 g/mol. The first kappa shape index (κ1) is 21.6. The molecule has 0 spiro atoms. The highest BCUT2D eigenvalue weighted by Gasteiger charge is 2.32. The number of methoxy groups -OCH3 is 2. The number of aryl methyl sites for hydroxylation is 1. The van der Waals surface area contributed by atoms with E-state index in [2.05, 4.69) is 36.4 Å². The SMILES string of the molecule is COc1ccc(/C=c2\sc3n(c2=O)[C@H](c2ccccc2)C2=C(N=3)c3ccccc3CC2)cc1OC. The first-order valence-corrected chi connectivity index (χ1v) is 12.4. The van der Waals surface area contributed by atoms with Gasteiger partial charge in [0, 0.05) is 5.56 Å². The summed E-state index contributed by atoms with van der Waals surface area (Å²) in [6.07, 6.45) is 3.74. The normalized spacial score (nSPS) is 16.7. The van der Waals surface area contributed by atoms with Gasteiger partial charge in [0.05, 0.1) is 30.5 Å². The first-order valence-electron chi connectivity index (χ1n) is 11.6. The smallest absolute Gasteiger partial charge is 0.271 e. The summed E-state index contributed by atoms with van der Waals surface area (Å²) in [7, 11) is 3.22. The Kier molecular flexibility index (Phi) is 5.38. The van der Waals surface area contributed by atoms with Gasteiger partial charge in [-0.25, -0.2) is 4.99 Å². The first-order chi connectivity index (χ1) is 17.2. The molecule has 0 radical (unpaired) electrons. The Morgan fingerprint density at radius 3 is 2.51 bits per heavy atom. The zero-order chi connectivity index (χ0) is 23.9. The van der Waals surface area contributed by atoms with Crippen molar-refractivity contribution in [1.82, 2.24) is 4.57 Å². The highest BCUT2D eigenvalue weighted by molar-refractivity contribution is 7.07. The van der Waals surface area contributed by atoms with E-state index in [-0.39, 0.29) is 11.6 Å². The fourth-order valence-corrected chi connectivity index (χ4v) is 6.05. The molecular formula is C29H24N2O3S. The number of thiazole rings is 1. The molecule has 0 saturated carbocycles. The molecular weight excluding hydrogens is 456 g/mol. The van der Waals surface area contributed by atoms with Gasteiger partial charge in [-0.2, -0.15) is 0 Å². The number of rotatable bonds is 4. The van der Waals surface area contributed by atoms with Crippen LogP contribution in [0.3, 0.4) is 0 Å². The summed E-state index contributed by atoms with van der Waals surface area (Å²) < 4.78 is 13.3. The quantitative estimate of drug-likeness (QED) is 0.437. The molecule has 2 aliphatic rings. The van der Waals surface area contributed by atoms with Crippen molar-refractivity contribution < 1.29 is 9.47 Å². The van der Waals surface area contributed by atoms with Gasteiger partial charge in [-0.05, 0) is 53.3 Å². The molecule has 6 heteroatoms. The molecule has 174 valence electrons. The van der Waals surface area contributed by atoms with Gasteiger partial charge in [0.2, 0.25) is 0 Å². The Morgan fingerprint density at radius 1 is 0.943 bits per heavy atom. The van der Waals surface area contributed by atoms with Gasteiger partial charge in [0.15, 0.2) is 16.3 Å². The van der Waals surface area contributed by atoms with Crippen LogP contribution in [-0.2, 0) is 6.42 Å². The van der Waals surface area contributed by atoms with Crippen LogP contribution in [0.15, 0.2) is 88.2 Å². The van der Waals surface area contributed by atoms with Gasteiger partial charge < -0.3 is 9.47 Å². The molecule has 0 N–H and O–H groups in total. The Labute approximate surface area is 206 Å². The number of hydrogen-bond donors (Lipinski definition) is 0. The molecule has 35 heavy (non-hydrogen) atoms. The second kappa shape index (κ2) is 8.71. The molecule has 2 heterocycles. The maximum Gasteiger partial charge on any atom is 0.271 e. The largest absolute Gasteiger partial charge is 0.493 e. The lowest BCUT2D eigenvalue weighted by atomic mass is 9.83. The third-order valence-electron chi connectivity index (χ3n) is 6.69. The molecule has 3 aromatic carbocycles. The van der Waals surface area contributed by atoms with Crippen molar-refractivity contribution in [3.63, 3.8) is 0 Å². The van der Waals surface area contributed by atoms with Crippen LogP contribution in [0, 0.1) is 0 Å². The fourth-order valence-electron chi connectivity index (χ4n) is 5.05. The van der Waals surface area contributed by atoms with Gasteiger partial charge in [-0.15, -0.1) is 0 Å². The number of nitrogens with zero attached hydrogens (tertiary/aromatic N) is 2. The van der Waals surface area contributed by atoms with Crippen molar-refractivity contribution in [2.45, 2.75) is 18.9 Å². The van der Waals surface area contributed by atoms with E-state index in [4.69, 9.17) is 14.5 Å². The lowest BCUT2D eigenvalue weighted by Gasteiger charge is -2.30. The lowest BCUT2D eigenvalue weighted by molar-refractivity contribution is 0.355. The predicted octanol–water partition coefficient (Wildman–Crippen LogP) is 4.34. The standard InChI is InChI=1S/C29H24N2O3S/c1-33-23-15-12-18(16-24(23)34-2)17-25-28(32)31-27(20-9-4-3-5-10-20)22-14-13-19-8-6-7-11-21(19)26(22)30-29(31)35-25/h3-12,15-17,27H,13-14H2,1-2H3/b25-17-/t27-/m1/s1. The third-order valence-corrected chi connectivity index (χ3v) is 7.68. The summed E-state index contributed by atoms with van der Waals surface area (Å²) in [5, 5.41) is 0. The number of allylic oxidation sites excluding steroid dienone is 1. The molecule has 1 aliphatic carbocycles. The highest BCUT2D eigenvalue weighted by atomic mass is 32.1. The minimum atomic E-state index is -0.164. The summed E-state index contributed by atoms with van der Waals surface area (Å²) in [5.41, 5.74) is 6.66. The summed E-state index contributed by atoms with van der Waals surface area (Å²) in [6, 6.07) is 24.3. The fraction of sp³-hybridized carbons (Fsp3) is 0.172. The number of aromatic nitrogens is 1. The van der Waals surface area contributed by atoms with E-state index < -0.39 is 0 Å². The Bertz CT molecular complexity index is 1650. The third kappa shape index (κ3) is 3.61. The lowest BCUT2D eigenvalue weighted by Crippen LogP contribution is -2.38. The molecule has 5 nitrogen and oxygen atoms in total. The van der Waals surface area contributed by atoms with E-state index in [0.717, 1.165) is 34.5 Å². The van der Waals surface area contributed by atoms with Crippen LogP contribution < -0.4 is 24.4 Å². The topological polar surface area (TPSA) is 52.8 Å². The second-order valence-electron chi connectivity index (χ2n) is 8.64. The van der Waals surface area contributed by atoms with Crippen LogP contribution >= 0.6 is 11.3 Å². The van der Waals surface area contributed by atoms with E-state index in [1.807, 2.05) is 47.0 Å². The van der Waals surface area contributed by atoms with E-state index in [0.29, 0.717) is 16.0 Å². The van der Waals surface area contributed by atoms with Crippen molar-refractivity contribution >= 4 is 23.1 Å². The van der Waals surface area contributed by atoms with Gasteiger partial charge in [-0.1, -0.05) is 72.0 Å². The minimum Gasteiger partial charge on any atom is -0.493 e. The summed E-state index contributed by atoms with van der Waals surface area (Å²) in [4.78, 5) is 19.6. The van der Waals surface area contributed by atoms with Crippen LogP contribution in [0.4, 0.5) is 0 Å². The van der Waals surface area contributed by atoms with Crippen LogP contribution in [-0.4, -0.2) is 18.8 Å². The summed E-state index contributed by atoms with van der Waals surface area (Å²) in [6.45, 7) is 0. The van der Waals surface area contributed by atoms with E-state index >= 15 is 0 Å². The highest BCUT2D eigenvalue weighted by Crippen LogP contribution is 2.41. The molecule has 1 aromatic heterocycles. The zero-order valence-corrected chi connectivity index (χ0v) is 20.3. The van der Waals surface area contributed by atoms with E-state index in [9.17, 15) is 4.79 Å². The zero-order valence-electron chi connectivity index (χ0n) is 19.5. The summed E-state index contributed by atoms with van der Waals surface area (Å²) in [5.74, 6) is 1.28. The van der Waals surface area contributed by atoms with E-state index in [1.165, 1.54) is 28.0 Å². The Balaban J connectivity index is 1.58. The van der Waals surface area contributed by atoms with Crippen LogP contribution in [0.2, 0.25) is 0 Å². The Hall–Kier alpha value is -3.90. The van der Waals surface area contributed by atoms with Crippen molar-refractivity contribution in [1.29, 1.82) is 0 Å². The van der Waals surface area contributed by atoms with Crippen LogP contribution in [0.25, 0.3) is 11.8 Å². The van der Waals surface area contributed by atoms with E-state index in [1.54, 1.807) is 14.2 Å². The average Bonchev–Trinajstić information content (AvgIpc) is 3.22. The minimum absolute atomic E-state index is 0.0252. The number of fused-ring (bicyclic) bond motifs is 3. The number of ether oxygens (including phenoxy) is 2. The van der Waals surface area contributed by atoms with Crippen LogP contribution in [0.1, 0.15) is 34.7 Å². The van der Waals surface area contributed by atoms with Crippen molar-refractivity contribution in [2.75, 3.05) is 14.2 Å². The van der Waals surface area contributed by atoms with Crippen molar-refractivity contribution in [2.24, 2.45) is 4.99 Å². The molecule has 0 fully saturated rings. The maximum absolute atomic E-state index is 13.8. The Morgan fingerprint density at radius 2 is 1.71 bits per heavy atom. The summed E-state index contributed by atoms with van der Waals surface area (Å²) >= 11 is 1.43. The van der Waals surface area contributed by atoms with Gasteiger partial charge in [-0.3, -0.25) is 9.36 Å². The number of hydrogen-bond acceptors (Lipinski definition) is 5. The molecule has 0 bridgehead atoms. The second-order valence-corrected chi connectivity index (χ2v) is 9.65. The molecule has 0 amide bonds. The number of benzene rings is 3. The van der Waals surface area contributed by atoms with Crippen molar-refractivity contribution in [3.05, 3.63) is 120 Å². The molecule has 0 unspecified atom stereocenters. The van der Waals surface area contributed by atoms with Crippen LogP contribution in [0.5, 0.6) is 11.5 Å². The van der Waals surface area contributed by atoms with Crippen molar-refractivity contribution in [3.8, 4) is 11.5 Å². The molecule has 1 aliphatic heterocycles. The maximum atomic E-state index is 13.8. The molecule has 1 atom stereocenters. The predicted molar refractivity (Wildman–Crippen MR) is 139 cm³/mol. The molecule has 0 saturated heterocycles.